The average Bonchev–Trinajstić information content (AvgIpc) is 3.59. The lowest BCUT2D eigenvalue weighted by Gasteiger charge is -2.55. The maximum Gasteiger partial charge on any atom is 0.411 e. The highest BCUT2D eigenvalue weighted by Gasteiger charge is 2.51. The van der Waals surface area contributed by atoms with Gasteiger partial charge in [0.2, 0.25) is 10.0 Å². The lowest BCUT2D eigenvalue weighted by Crippen LogP contribution is -2.70. The van der Waals surface area contributed by atoms with E-state index >= 15 is 0 Å². The number of piperidine rings is 1. The Labute approximate surface area is 175 Å². The van der Waals surface area contributed by atoms with Crippen LogP contribution in [0.4, 0.5) is 16.3 Å². The lowest BCUT2D eigenvalue weighted by atomic mass is 9.91. The minimum Gasteiger partial charge on any atom is -0.453 e. The summed E-state index contributed by atoms with van der Waals surface area (Å²) in [5.41, 5.74) is 1.57. The molecule has 30 heavy (non-hydrogen) atoms. The Bertz CT molecular complexity index is 1060. The molecule has 3 aliphatic heterocycles. The summed E-state index contributed by atoms with van der Waals surface area (Å²) in [6.07, 6.45) is 4.24. The predicted molar refractivity (Wildman–Crippen MR) is 110 cm³/mol. The topological polar surface area (TPSA) is 105 Å². The summed E-state index contributed by atoms with van der Waals surface area (Å²) >= 11 is 0. The third kappa shape index (κ3) is 3.39. The minimum atomic E-state index is -3.60. The molecule has 2 bridgehead atoms. The number of amides is 1. The summed E-state index contributed by atoms with van der Waals surface area (Å²) < 4.78 is 32.5. The molecule has 3 saturated heterocycles. The second kappa shape index (κ2) is 7.21. The summed E-state index contributed by atoms with van der Waals surface area (Å²) in [7, 11) is -2.33. The van der Waals surface area contributed by atoms with E-state index in [2.05, 4.69) is 24.9 Å². The summed E-state index contributed by atoms with van der Waals surface area (Å²) in [6, 6.07) is 8.06. The fourth-order valence-corrected chi connectivity index (χ4v) is 6.11. The molecule has 4 aliphatic rings. The SMILES string of the molecule is COC(=O)Nc1ccc(S(=O)(=O)N2C3CC2CN(c2cc(C4CC4)ncn2)C3)cc1. The van der Waals surface area contributed by atoms with Crippen molar-refractivity contribution in [2.24, 2.45) is 0 Å². The van der Waals surface area contributed by atoms with Crippen LogP contribution in [0.2, 0.25) is 0 Å². The molecule has 2 atom stereocenters. The number of benzene rings is 1. The van der Waals surface area contributed by atoms with Gasteiger partial charge in [0.15, 0.2) is 0 Å². The monoisotopic (exact) mass is 429 g/mol. The minimum absolute atomic E-state index is 0.0686. The largest absolute Gasteiger partial charge is 0.453 e. The molecule has 4 heterocycles. The predicted octanol–water partition coefficient (Wildman–Crippen LogP) is 2.18. The Morgan fingerprint density at radius 3 is 2.47 bits per heavy atom. The van der Waals surface area contributed by atoms with E-state index in [1.807, 2.05) is 6.07 Å². The highest BCUT2D eigenvalue weighted by atomic mass is 32.2. The molecule has 1 aromatic carbocycles. The van der Waals surface area contributed by atoms with E-state index in [4.69, 9.17) is 0 Å². The van der Waals surface area contributed by atoms with Crippen LogP contribution in [0.5, 0.6) is 0 Å². The first-order valence-electron chi connectivity index (χ1n) is 10.0. The molecule has 2 aromatic rings. The molecule has 9 nitrogen and oxygen atoms in total. The van der Waals surface area contributed by atoms with Gasteiger partial charge >= 0.3 is 6.09 Å². The highest BCUT2D eigenvalue weighted by Crippen LogP contribution is 2.41. The van der Waals surface area contributed by atoms with Gasteiger partial charge in [-0.2, -0.15) is 4.31 Å². The van der Waals surface area contributed by atoms with Crippen LogP contribution < -0.4 is 10.2 Å². The molecule has 1 saturated carbocycles. The van der Waals surface area contributed by atoms with Gasteiger partial charge in [0, 0.05) is 48.5 Å². The number of fused-ring (bicyclic) bond motifs is 2. The maximum atomic E-state index is 13.2. The molecular weight excluding hydrogens is 406 g/mol. The van der Waals surface area contributed by atoms with E-state index in [-0.39, 0.29) is 17.0 Å². The van der Waals surface area contributed by atoms with Gasteiger partial charge in [-0.1, -0.05) is 0 Å². The van der Waals surface area contributed by atoms with Gasteiger partial charge < -0.3 is 9.64 Å². The number of rotatable bonds is 5. The third-order valence-electron chi connectivity index (χ3n) is 5.98. The van der Waals surface area contributed by atoms with E-state index in [1.165, 1.54) is 32.1 Å². The van der Waals surface area contributed by atoms with Crippen LogP contribution in [-0.4, -0.2) is 61.1 Å². The summed E-state index contributed by atoms with van der Waals surface area (Å²) in [4.78, 5) is 22.5. The van der Waals surface area contributed by atoms with Crippen LogP contribution in [0.1, 0.15) is 30.9 Å². The third-order valence-corrected chi connectivity index (χ3v) is 8.00. The number of piperazine rings is 1. The molecule has 158 valence electrons. The number of nitrogens with zero attached hydrogens (tertiary/aromatic N) is 4. The first kappa shape index (κ1) is 19.3. The Morgan fingerprint density at radius 1 is 1.13 bits per heavy atom. The van der Waals surface area contributed by atoms with Crippen LogP contribution in [0.25, 0.3) is 0 Å². The van der Waals surface area contributed by atoms with Gasteiger partial charge in [0.25, 0.3) is 0 Å². The molecule has 1 N–H and O–H groups in total. The number of carbonyl (C=O) groups excluding carboxylic acids is 1. The fourth-order valence-electron chi connectivity index (χ4n) is 4.29. The zero-order chi connectivity index (χ0) is 20.9. The van der Waals surface area contributed by atoms with Crippen molar-refractivity contribution in [3.05, 3.63) is 42.4 Å². The molecule has 10 heteroatoms. The second-order valence-electron chi connectivity index (χ2n) is 8.00. The Morgan fingerprint density at radius 2 is 1.83 bits per heavy atom. The van der Waals surface area contributed by atoms with E-state index in [0.29, 0.717) is 24.7 Å². The molecule has 4 fully saturated rings. The van der Waals surface area contributed by atoms with E-state index in [0.717, 1.165) is 17.9 Å². The van der Waals surface area contributed by atoms with E-state index < -0.39 is 16.1 Å². The van der Waals surface area contributed by atoms with Crippen LogP contribution in [0, 0.1) is 0 Å². The number of nitrogens with one attached hydrogen (secondary N) is 1. The number of carbonyl (C=O) groups is 1. The van der Waals surface area contributed by atoms with Crippen molar-refractivity contribution in [3.8, 4) is 0 Å². The zero-order valence-electron chi connectivity index (χ0n) is 16.6. The van der Waals surface area contributed by atoms with Gasteiger partial charge in [-0.15, -0.1) is 0 Å². The second-order valence-corrected chi connectivity index (χ2v) is 9.84. The molecular formula is C20H23N5O4S. The van der Waals surface area contributed by atoms with Crippen molar-refractivity contribution in [2.45, 2.75) is 42.2 Å². The summed E-state index contributed by atoms with van der Waals surface area (Å²) in [5.74, 6) is 1.44. The highest BCUT2D eigenvalue weighted by molar-refractivity contribution is 7.89. The van der Waals surface area contributed by atoms with Crippen LogP contribution in [0.15, 0.2) is 41.6 Å². The molecule has 2 unspecified atom stereocenters. The van der Waals surface area contributed by atoms with E-state index in [1.54, 1.807) is 22.8 Å². The van der Waals surface area contributed by atoms with Gasteiger partial charge in [0.1, 0.15) is 12.1 Å². The molecule has 1 amide bonds. The zero-order valence-corrected chi connectivity index (χ0v) is 17.4. The van der Waals surface area contributed by atoms with Crippen molar-refractivity contribution in [1.82, 2.24) is 14.3 Å². The Hall–Kier alpha value is -2.72. The molecule has 1 aromatic heterocycles. The Balaban J connectivity index is 1.29. The number of anilines is 2. The Kier molecular flexibility index (Phi) is 4.62. The van der Waals surface area contributed by atoms with Crippen LogP contribution >= 0.6 is 0 Å². The number of sulfonamides is 1. The first-order valence-corrected chi connectivity index (χ1v) is 11.4. The van der Waals surface area contributed by atoms with Gasteiger partial charge in [-0.25, -0.2) is 23.2 Å². The number of ether oxygens (including phenoxy) is 1. The van der Waals surface area contributed by atoms with Gasteiger partial charge in [-0.05, 0) is 43.5 Å². The van der Waals surface area contributed by atoms with Crippen molar-refractivity contribution < 1.29 is 17.9 Å². The normalized spacial score (nSPS) is 23.6. The van der Waals surface area contributed by atoms with Gasteiger partial charge in [-0.3, -0.25) is 5.32 Å². The molecule has 0 spiro atoms. The average molecular weight is 430 g/mol. The standard InChI is InChI=1S/C20H23N5O4S/c1-29-20(26)23-14-4-6-17(7-5-14)30(27,28)25-15-8-16(25)11-24(10-15)19-9-18(13-2-3-13)21-12-22-19/h4-7,9,12-13,15-16H,2-3,8,10-11H2,1H3,(H,23,26). The number of methoxy groups -OCH3 is 1. The quantitative estimate of drug-likeness (QED) is 0.777. The fraction of sp³-hybridized carbons (Fsp3) is 0.450. The molecule has 0 radical (unpaired) electrons. The maximum absolute atomic E-state index is 13.2. The van der Waals surface area contributed by atoms with Crippen molar-refractivity contribution in [1.29, 1.82) is 0 Å². The van der Waals surface area contributed by atoms with Crippen LogP contribution in [-0.2, 0) is 14.8 Å². The van der Waals surface area contributed by atoms with Crippen molar-refractivity contribution in [3.63, 3.8) is 0 Å². The van der Waals surface area contributed by atoms with Crippen LogP contribution in [0.3, 0.4) is 0 Å². The first-order chi connectivity index (χ1) is 14.5. The molecule has 6 rings (SSSR count). The lowest BCUT2D eigenvalue weighted by molar-refractivity contribution is 0.0874. The van der Waals surface area contributed by atoms with E-state index in [9.17, 15) is 13.2 Å². The summed E-state index contributed by atoms with van der Waals surface area (Å²) in [6.45, 7) is 1.25. The number of aromatic nitrogens is 2. The van der Waals surface area contributed by atoms with Crippen molar-refractivity contribution in [2.75, 3.05) is 30.4 Å². The number of hydrogen-bond donors (Lipinski definition) is 1. The van der Waals surface area contributed by atoms with Gasteiger partial charge in [0.05, 0.1) is 12.0 Å². The van der Waals surface area contributed by atoms with Crippen molar-refractivity contribution >= 4 is 27.6 Å². The molecule has 1 aliphatic carbocycles. The number of hydrogen-bond acceptors (Lipinski definition) is 7. The smallest absolute Gasteiger partial charge is 0.411 e. The summed E-state index contributed by atoms with van der Waals surface area (Å²) in [5, 5.41) is 2.52.